The summed E-state index contributed by atoms with van der Waals surface area (Å²) in [7, 11) is 1.53. The summed E-state index contributed by atoms with van der Waals surface area (Å²) in [5.41, 5.74) is 6.04. The van der Waals surface area contributed by atoms with Crippen LogP contribution in [0, 0.1) is 5.92 Å². The first kappa shape index (κ1) is 22.3. The van der Waals surface area contributed by atoms with Gasteiger partial charge in [0.05, 0.1) is 18.7 Å². The predicted molar refractivity (Wildman–Crippen MR) is 117 cm³/mol. The third-order valence-electron chi connectivity index (χ3n) is 4.69. The highest BCUT2D eigenvalue weighted by atomic mass is 35.5. The number of thiocarbonyl (C=S) groups is 1. The van der Waals surface area contributed by atoms with Crippen molar-refractivity contribution in [2.24, 2.45) is 5.92 Å². The Labute approximate surface area is 177 Å². The van der Waals surface area contributed by atoms with Crippen LogP contribution >= 0.6 is 23.8 Å². The number of methoxy groups -OCH3 is 1. The second kappa shape index (κ2) is 11.1. The number of nitrogens with one attached hydrogen (secondary N) is 3. The van der Waals surface area contributed by atoms with Crippen molar-refractivity contribution in [3.05, 3.63) is 28.8 Å². The molecule has 0 radical (unpaired) electrons. The van der Waals surface area contributed by atoms with E-state index < -0.39 is 0 Å². The smallest absolute Gasteiger partial charge is 0.262 e. The largest absolute Gasteiger partial charge is 0.491 e. The highest BCUT2D eigenvalue weighted by Crippen LogP contribution is 2.36. The Bertz CT molecular complexity index is 727. The Balaban J connectivity index is 1.88. The molecule has 2 rings (SSSR count). The van der Waals surface area contributed by atoms with Crippen LogP contribution in [0.5, 0.6) is 11.5 Å². The van der Waals surface area contributed by atoms with Crippen molar-refractivity contribution in [2.75, 3.05) is 13.7 Å². The van der Waals surface area contributed by atoms with Gasteiger partial charge in [-0.2, -0.15) is 0 Å². The Morgan fingerprint density at radius 2 is 2.07 bits per heavy atom. The third-order valence-corrected chi connectivity index (χ3v) is 5.19. The molecule has 1 fully saturated rings. The zero-order valence-corrected chi connectivity index (χ0v) is 18.1. The molecule has 2 unspecified atom stereocenters. The van der Waals surface area contributed by atoms with Crippen molar-refractivity contribution < 1.29 is 14.3 Å². The lowest BCUT2D eigenvalue weighted by molar-refractivity contribution is -0.116. The van der Waals surface area contributed by atoms with E-state index >= 15 is 0 Å². The van der Waals surface area contributed by atoms with E-state index in [1.54, 1.807) is 18.2 Å². The van der Waals surface area contributed by atoms with Gasteiger partial charge in [0.15, 0.2) is 16.6 Å². The highest BCUT2D eigenvalue weighted by molar-refractivity contribution is 7.80. The molecule has 0 aliphatic heterocycles. The van der Waals surface area contributed by atoms with Crippen LogP contribution in [-0.2, 0) is 4.79 Å². The molecule has 6 nitrogen and oxygen atoms in total. The van der Waals surface area contributed by atoms with E-state index in [2.05, 4.69) is 23.1 Å². The SMILES string of the molecule is CCOc1cc(/C=C/C(=O)NNC(=S)NC2CCCCC2C)cc(Cl)c1OC. The van der Waals surface area contributed by atoms with Crippen LogP contribution in [0.3, 0.4) is 0 Å². The van der Waals surface area contributed by atoms with Gasteiger partial charge in [-0.25, -0.2) is 0 Å². The lowest BCUT2D eigenvalue weighted by Crippen LogP contribution is -2.51. The molecule has 0 heterocycles. The van der Waals surface area contributed by atoms with Crippen LogP contribution in [0.1, 0.15) is 45.1 Å². The van der Waals surface area contributed by atoms with Crippen molar-refractivity contribution in [3.63, 3.8) is 0 Å². The van der Waals surface area contributed by atoms with Gasteiger partial charge >= 0.3 is 0 Å². The molecule has 0 bridgehead atoms. The van der Waals surface area contributed by atoms with Crippen LogP contribution in [-0.4, -0.2) is 30.8 Å². The van der Waals surface area contributed by atoms with Gasteiger partial charge in [0, 0.05) is 12.1 Å². The molecule has 1 aromatic rings. The monoisotopic (exact) mass is 425 g/mol. The number of carbonyl (C=O) groups is 1. The third kappa shape index (κ3) is 6.56. The Hall–Kier alpha value is -1.99. The summed E-state index contributed by atoms with van der Waals surface area (Å²) in [5.74, 6) is 1.25. The molecule has 0 spiro atoms. The van der Waals surface area contributed by atoms with E-state index in [1.807, 2.05) is 6.92 Å². The molecule has 0 aromatic heterocycles. The molecule has 0 saturated heterocycles. The van der Waals surface area contributed by atoms with Gasteiger partial charge in [-0.15, -0.1) is 0 Å². The lowest BCUT2D eigenvalue weighted by Gasteiger charge is -2.30. The van der Waals surface area contributed by atoms with Crippen LogP contribution in [0.15, 0.2) is 18.2 Å². The first-order chi connectivity index (χ1) is 13.4. The summed E-state index contributed by atoms with van der Waals surface area (Å²) in [4.78, 5) is 12.1. The van der Waals surface area contributed by atoms with Gasteiger partial charge in [-0.3, -0.25) is 15.6 Å². The Morgan fingerprint density at radius 3 is 2.75 bits per heavy atom. The van der Waals surface area contributed by atoms with E-state index in [4.69, 9.17) is 33.3 Å². The van der Waals surface area contributed by atoms with Crippen LogP contribution in [0.4, 0.5) is 0 Å². The predicted octanol–water partition coefficient (Wildman–Crippen LogP) is 3.83. The highest BCUT2D eigenvalue weighted by Gasteiger charge is 2.21. The van der Waals surface area contributed by atoms with Crippen LogP contribution in [0.2, 0.25) is 5.02 Å². The zero-order valence-electron chi connectivity index (χ0n) is 16.5. The second-order valence-electron chi connectivity index (χ2n) is 6.76. The number of ether oxygens (including phenoxy) is 2. The minimum absolute atomic E-state index is 0.328. The molecule has 8 heteroatoms. The molecule has 154 valence electrons. The van der Waals surface area contributed by atoms with Crippen LogP contribution < -0.4 is 25.6 Å². The number of amides is 1. The van der Waals surface area contributed by atoms with Gasteiger partial charge < -0.3 is 14.8 Å². The molecule has 2 atom stereocenters. The molecule has 1 amide bonds. The number of hydrogen-bond acceptors (Lipinski definition) is 4. The Morgan fingerprint density at radius 1 is 1.32 bits per heavy atom. The maximum Gasteiger partial charge on any atom is 0.262 e. The summed E-state index contributed by atoms with van der Waals surface area (Å²) in [6, 6.07) is 3.82. The summed E-state index contributed by atoms with van der Waals surface area (Å²) in [5, 5.41) is 4.11. The van der Waals surface area contributed by atoms with Crippen molar-refractivity contribution >= 4 is 40.9 Å². The fourth-order valence-electron chi connectivity index (χ4n) is 3.21. The summed E-state index contributed by atoms with van der Waals surface area (Å²) < 4.78 is 10.8. The summed E-state index contributed by atoms with van der Waals surface area (Å²) in [6.07, 6.45) is 7.80. The maximum atomic E-state index is 12.1. The standard InChI is InChI=1S/C20H28ClN3O3S/c1-4-27-17-12-14(11-15(21)19(17)26-3)9-10-18(25)23-24-20(28)22-16-8-6-5-7-13(16)2/h9-13,16H,4-8H2,1-3H3,(H,23,25)(H2,22,24,28)/b10-9+. The molecule has 1 aliphatic rings. The van der Waals surface area contributed by atoms with Gasteiger partial charge in [-0.1, -0.05) is 31.4 Å². The molecule has 1 saturated carbocycles. The van der Waals surface area contributed by atoms with Crippen molar-refractivity contribution in [3.8, 4) is 11.5 Å². The van der Waals surface area contributed by atoms with E-state index in [0.717, 1.165) is 12.0 Å². The average molecular weight is 426 g/mol. The summed E-state index contributed by atoms with van der Waals surface area (Å²) in [6.45, 7) is 4.57. The number of carbonyl (C=O) groups excluding carboxylic acids is 1. The van der Waals surface area contributed by atoms with E-state index in [-0.39, 0.29) is 5.91 Å². The van der Waals surface area contributed by atoms with E-state index in [1.165, 1.54) is 32.4 Å². The molecule has 1 aliphatic carbocycles. The molecule has 28 heavy (non-hydrogen) atoms. The molecular formula is C20H28ClN3O3S. The quantitative estimate of drug-likeness (QED) is 0.365. The van der Waals surface area contributed by atoms with Crippen molar-refractivity contribution in [1.82, 2.24) is 16.2 Å². The molecular weight excluding hydrogens is 398 g/mol. The Kier molecular flexibility index (Phi) is 8.86. The number of rotatable bonds is 6. The van der Waals surface area contributed by atoms with E-state index in [0.29, 0.717) is 40.2 Å². The first-order valence-electron chi connectivity index (χ1n) is 9.49. The molecule has 1 aromatic carbocycles. The number of hydrazine groups is 1. The lowest BCUT2D eigenvalue weighted by atomic mass is 9.86. The minimum Gasteiger partial charge on any atom is -0.491 e. The fourth-order valence-corrected chi connectivity index (χ4v) is 3.71. The molecule has 3 N–H and O–H groups in total. The number of benzene rings is 1. The normalized spacial score (nSPS) is 19.1. The topological polar surface area (TPSA) is 71.6 Å². The second-order valence-corrected chi connectivity index (χ2v) is 7.57. The zero-order chi connectivity index (χ0) is 20.5. The summed E-state index contributed by atoms with van der Waals surface area (Å²) >= 11 is 11.5. The fraction of sp³-hybridized carbons (Fsp3) is 0.500. The van der Waals surface area contributed by atoms with Gasteiger partial charge in [0.1, 0.15) is 0 Å². The van der Waals surface area contributed by atoms with Crippen molar-refractivity contribution in [2.45, 2.75) is 45.6 Å². The van der Waals surface area contributed by atoms with E-state index in [9.17, 15) is 4.79 Å². The maximum absolute atomic E-state index is 12.1. The van der Waals surface area contributed by atoms with Gasteiger partial charge in [0.25, 0.3) is 5.91 Å². The van der Waals surface area contributed by atoms with Crippen molar-refractivity contribution in [1.29, 1.82) is 0 Å². The minimum atomic E-state index is -0.328. The number of hydrogen-bond donors (Lipinski definition) is 3. The first-order valence-corrected chi connectivity index (χ1v) is 10.3. The van der Waals surface area contributed by atoms with Crippen LogP contribution in [0.25, 0.3) is 6.08 Å². The average Bonchev–Trinajstić information content (AvgIpc) is 2.67. The van der Waals surface area contributed by atoms with Gasteiger partial charge in [0.2, 0.25) is 0 Å². The number of halogens is 1. The van der Waals surface area contributed by atoms with Gasteiger partial charge in [-0.05, 0) is 61.7 Å².